The van der Waals surface area contributed by atoms with Gasteiger partial charge in [0.25, 0.3) is 0 Å². The zero-order valence-corrected chi connectivity index (χ0v) is 45.6. The predicted molar refractivity (Wildman–Crippen MR) is 344 cm³/mol. The Morgan fingerprint density at radius 1 is 0.250 bits per heavy atom. The average molecular weight is 1030 g/mol. The number of benzene rings is 14. The maximum atomic E-state index is 2.56. The second-order valence-electron chi connectivity index (χ2n) is 22.0. The van der Waals surface area contributed by atoms with Gasteiger partial charge in [-0.05, 0) is 137 Å². The summed E-state index contributed by atoms with van der Waals surface area (Å²) in [7, 11) is 0. The molecule has 0 amide bonds. The molecule has 14 aromatic carbocycles. The first-order valence-electron chi connectivity index (χ1n) is 28.2. The Hall–Kier alpha value is -9.76. The van der Waals surface area contributed by atoms with Gasteiger partial charge >= 0.3 is 0 Å². The van der Waals surface area contributed by atoms with Gasteiger partial charge in [0.1, 0.15) is 0 Å². The summed E-state index contributed by atoms with van der Waals surface area (Å²) in [4.78, 5) is 5.12. The van der Waals surface area contributed by atoms with E-state index >= 15 is 0 Å². The van der Waals surface area contributed by atoms with Crippen molar-refractivity contribution in [2.45, 2.75) is 39.5 Å². The first-order chi connectivity index (χ1) is 39.3. The van der Waals surface area contributed by atoms with Gasteiger partial charge < -0.3 is 9.80 Å². The normalized spacial score (nSPS) is 11.7. The third-order valence-electron chi connectivity index (χ3n) is 16.6. The third-order valence-corrected chi connectivity index (χ3v) is 16.6. The Morgan fingerprint density at radius 2 is 0.575 bits per heavy atom. The molecular weight excluding hydrogens is 965 g/mol. The second-order valence-corrected chi connectivity index (χ2v) is 22.0. The van der Waals surface area contributed by atoms with Crippen molar-refractivity contribution < 1.29 is 0 Å². The van der Waals surface area contributed by atoms with Gasteiger partial charge in [0.05, 0.1) is 22.7 Å². The van der Waals surface area contributed by atoms with E-state index in [2.05, 4.69) is 317 Å². The van der Waals surface area contributed by atoms with E-state index in [-0.39, 0.29) is 0 Å². The van der Waals surface area contributed by atoms with Gasteiger partial charge in [0.15, 0.2) is 0 Å². The van der Waals surface area contributed by atoms with Crippen molar-refractivity contribution >= 4 is 88.0 Å². The molecule has 0 unspecified atom stereocenters. The van der Waals surface area contributed by atoms with Crippen molar-refractivity contribution in [2.75, 3.05) is 9.80 Å². The Kier molecular flexibility index (Phi) is 12.3. The molecule has 80 heavy (non-hydrogen) atoms. The third kappa shape index (κ3) is 8.52. The lowest BCUT2D eigenvalue weighted by Crippen LogP contribution is -2.13. The molecule has 14 rings (SSSR count). The van der Waals surface area contributed by atoms with Crippen molar-refractivity contribution in [1.82, 2.24) is 0 Å². The van der Waals surface area contributed by atoms with Crippen LogP contribution in [0.5, 0.6) is 0 Å². The molecule has 14 aromatic rings. The van der Waals surface area contributed by atoms with Crippen LogP contribution >= 0.6 is 0 Å². The predicted octanol–water partition coefficient (Wildman–Crippen LogP) is 22.7. The lowest BCUT2D eigenvalue weighted by atomic mass is 9.90. The van der Waals surface area contributed by atoms with Crippen LogP contribution in [0.3, 0.4) is 0 Å². The monoisotopic (exact) mass is 1020 g/mol. The van der Waals surface area contributed by atoms with Gasteiger partial charge in [0.2, 0.25) is 0 Å². The molecule has 0 radical (unpaired) electrons. The van der Waals surface area contributed by atoms with Crippen molar-refractivity contribution in [1.29, 1.82) is 0 Å². The first kappa shape index (κ1) is 48.6. The van der Waals surface area contributed by atoms with Crippen LogP contribution in [0.4, 0.5) is 34.1 Å². The highest BCUT2D eigenvalue weighted by molar-refractivity contribution is 6.29. The standard InChI is InChI=1S/C78H60N2/c1-51(2)53-29-39-65(40-30-53)79(77-67(57-21-13-7-14-22-57)43-33-59-25-27-63(49-71(59)77)55-17-9-5-10-18-55)73-47-37-61-36-46-70-74(48-38-62-35-45-69(73)75(61)76(62)70)80(66-41-31-54(32-42-66)52(3)4)78-68(58-23-15-8-16-24-58)44-34-60-26-28-64(50-72(60)78)56-19-11-6-12-20-56/h5-52H,1-4H3. The van der Waals surface area contributed by atoms with Crippen LogP contribution in [0.25, 0.3) is 98.4 Å². The Balaban J connectivity index is 1.06. The molecule has 0 spiro atoms. The number of hydrogen-bond donors (Lipinski definition) is 0. The summed E-state index contributed by atoms with van der Waals surface area (Å²) in [5, 5.41) is 12.0. The molecular formula is C78H60N2. The van der Waals surface area contributed by atoms with E-state index < -0.39 is 0 Å². The zero-order chi connectivity index (χ0) is 53.8. The number of hydrogen-bond acceptors (Lipinski definition) is 2. The van der Waals surface area contributed by atoms with Crippen LogP contribution in [-0.2, 0) is 0 Å². The minimum absolute atomic E-state index is 0.392. The van der Waals surface area contributed by atoms with Gasteiger partial charge in [-0.25, -0.2) is 0 Å². The summed E-state index contributed by atoms with van der Waals surface area (Å²) >= 11 is 0. The van der Waals surface area contributed by atoms with E-state index in [1.54, 1.807) is 0 Å². The summed E-state index contributed by atoms with van der Waals surface area (Å²) in [6.07, 6.45) is 0. The molecule has 0 bridgehead atoms. The van der Waals surface area contributed by atoms with Crippen molar-refractivity contribution in [3.05, 3.63) is 290 Å². The van der Waals surface area contributed by atoms with E-state index in [1.807, 2.05) is 0 Å². The summed E-state index contributed by atoms with van der Waals surface area (Å²) < 4.78 is 0. The number of nitrogens with zero attached hydrogens (tertiary/aromatic N) is 2. The van der Waals surface area contributed by atoms with E-state index in [4.69, 9.17) is 0 Å². The highest BCUT2D eigenvalue weighted by atomic mass is 15.2. The summed E-state index contributed by atoms with van der Waals surface area (Å²) in [5.74, 6) is 0.784. The number of fused-ring (bicyclic) bond motifs is 2. The molecule has 0 N–H and O–H groups in total. The Morgan fingerprint density at radius 3 is 0.938 bits per heavy atom. The lowest BCUT2D eigenvalue weighted by Gasteiger charge is -2.32. The molecule has 382 valence electrons. The molecule has 0 heterocycles. The molecule has 2 heteroatoms. The van der Waals surface area contributed by atoms with Crippen LogP contribution in [0.1, 0.15) is 50.7 Å². The van der Waals surface area contributed by atoms with Crippen molar-refractivity contribution in [3.63, 3.8) is 0 Å². The van der Waals surface area contributed by atoms with Crippen LogP contribution in [0.15, 0.2) is 279 Å². The minimum Gasteiger partial charge on any atom is -0.309 e. The van der Waals surface area contributed by atoms with E-state index in [0.717, 1.165) is 34.1 Å². The van der Waals surface area contributed by atoms with Gasteiger partial charge in [-0.1, -0.05) is 258 Å². The fourth-order valence-electron chi connectivity index (χ4n) is 12.4. The molecule has 0 fully saturated rings. The molecule has 2 nitrogen and oxygen atoms in total. The molecule has 0 saturated carbocycles. The van der Waals surface area contributed by atoms with Gasteiger partial charge in [-0.3, -0.25) is 0 Å². The average Bonchev–Trinajstić information content (AvgIpc) is 3.71. The summed E-state index contributed by atoms with van der Waals surface area (Å²) in [6.45, 7) is 9.10. The maximum absolute atomic E-state index is 2.56. The maximum Gasteiger partial charge on any atom is 0.0618 e. The van der Waals surface area contributed by atoms with Crippen LogP contribution in [0.2, 0.25) is 0 Å². The Labute approximate surface area is 469 Å². The summed E-state index contributed by atoms with van der Waals surface area (Å²) in [6, 6.07) is 104. The van der Waals surface area contributed by atoms with Gasteiger partial charge in [-0.15, -0.1) is 0 Å². The molecule has 0 aliphatic heterocycles. The van der Waals surface area contributed by atoms with Crippen molar-refractivity contribution in [3.8, 4) is 44.5 Å². The van der Waals surface area contributed by atoms with Crippen LogP contribution in [-0.4, -0.2) is 0 Å². The molecule has 0 saturated heterocycles. The largest absolute Gasteiger partial charge is 0.309 e. The zero-order valence-electron chi connectivity index (χ0n) is 45.6. The quantitative estimate of drug-likeness (QED) is 0.113. The van der Waals surface area contributed by atoms with E-state index in [1.165, 1.54) is 109 Å². The first-order valence-corrected chi connectivity index (χ1v) is 28.2. The lowest BCUT2D eigenvalue weighted by molar-refractivity contribution is 0.866. The second kappa shape index (κ2) is 20.2. The summed E-state index contributed by atoms with van der Waals surface area (Å²) in [5.41, 5.74) is 18.8. The van der Waals surface area contributed by atoms with E-state index in [9.17, 15) is 0 Å². The minimum atomic E-state index is 0.392. The van der Waals surface area contributed by atoms with Gasteiger partial charge in [0, 0.05) is 44.0 Å². The molecule has 0 aromatic heterocycles. The topological polar surface area (TPSA) is 6.48 Å². The van der Waals surface area contributed by atoms with Crippen LogP contribution in [0, 0.1) is 0 Å². The SMILES string of the molecule is CC(C)c1ccc(N(c2c(-c3ccccc3)ccc3ccc(-c4ccccc4)cc23)c2ccc3ccc4c(N(c5ccc(C(C)C)cc5)c5c(-c6ccccc6)ccc6ccc(-c7ccccc7)cc56)ccc5ccc2c3c54)cc1. The van der Waals surface area contributed by atoms with Crippen molar-refractivity contribution in [2.24, 2.45) is 0 Å². The molecule has 0 atom stereocenters. The van der Waals surface area contributed by atoms with Gasteiger partial charge in [-0.2, -0.15) is 0 Å². The smallest absolute Gasteiger partial charge is 0.0618 e. The van der Waals surface area contributed by atoms with E-state index in [0.29, 0.717) is 11.8 Å². The van der Waals surface area contributed by atoms with Crippen LogP contribution < -0.4 is 9.80 Å². The fourth-order valence-corrected chi connectivity index (χ4v) is 12.4. The fraction of sp³-hybridized carbons (Fsp3) is 0.0769. The highest BCUT2D eigenvalue weighted by Crippen LogP contribution is 2.53. The number of rotatable bonds is 12. The molecule has 0 aliphatic rings. The number of anilines is 6. The Bertz CT molecular complexity index is 4240. The molecule has 0 aliphatic carbocycles. The highest BCUT2D eigenvalue weighted by Gasteiger charge is 2.27.